The lowest BCUT2D eigenvalue weighted by molar-refractivity contribution is -0.255. The SMILES string of the molecule is CC(=O)OC[C@H]1O[C@H](NC(=S)NCCOc2c3cc(C(C)(C)C)cc2Cc2cc(C(C)(C)C)cc(c2O)Cc2cc(C(C)(C)C)cc(c2OCCNC(=S)N[C@H]2O[C@H](COC(C)=O)[C@@H](OC(C)=O)[C@H](OC(C)=O)[C@@H]2OC(C)=O)Cc2cc(C(C)(C)C)cc(c2O)C3)[C@@H](OC(C)=O)[C@@H](OC(C)=O)[C@@H]1OC(C)=O. The van der Waals surface area contributed by atoms with Crippen molar-refractivity contribution in [2.45, 2.75) is 247 Å². The number of hydrogen-bond acceptors (Lipinski definition) is 24. The van der Waals surface area contributed by atoms with Gasteiger partial charge in [0.05, 0.1) is 13.1 Å². The second-order valence-corrected chi connectivity index (χ2v) is 31.8. The molecule has 2 fully saturated rings. The van der Waals surface area contributed by atoms with Crippen LogP contribution in [0.4, 0.5) is 0 Å². The van der Waals surface area contributed by atoms with Crippen LogP contribution in [-0.2, 0) is 133 Å². The topological polar surface area (TPSA) is 336 Å². The molecule has 4 aromatic carbocycles. The summed E-state index contributed by atoms with van der Waals surface area (Å²) in [5, 5.41) is 38.3. The predicted molar refractivity (Wildman–Crippen MR) is 397 cm³/mol. The molecule has 0 saturated carbocycles. The van der Waals surface area contributed by atoms with E-state index >= 15 is 0 Å². The van der Waals surface area contributed by atoms with Crippen molar-refractivity contribution in [1.29, 1.82) is 0 Å². The van der Waals surface area contributed by atoms with E-state index in [9.17, 15) is 48.6 Å². The fourth-order valence-electron chi connectivity index (χ4n) is 12.7. The fraction of sp³-hybridized carbons (Fsp3) is 0.564. The highest BCUT2D eigenvalue weighted by Gasteiger charge is 2.54. The average molecular weight is 1510 g/mol. The lowest BCUT2D eigenvalue weighted by Gasteiger charge is -2.44. The van der Waals surface area contributed by atoms with Gasteiger partial charge in [0.2, 0.25) is 0 Å². The summed E-state index contributed by atoms with van der Waals surface area (Å²) in [6.07, 6.45) is -13.0. The van der Waals surface area contributed by atoms with Gasteiger partial charge >= 0.3 is 47.8 Å². The van der Waals surface area contributed by atoms with Gasteiger partial charge in [-0.15, -0.1) is 0 Å². The van der Waals surface area contributed by atoms with Crippen LogP contribution in [0.5, 0.6) is 23.0 Å². The molecule has 580 valence electrons. The van der Waals surface area contributed by atoms with Crippen LogP contribution in [0.15, 0.2) is 48.5 Å². The lowest BCUT2D eigenvalue weighted by Crippen LogP contribution is -2.66. The molecule has 2 saturated heterocycles. The average Bonchev–Trinajstić information content (AvgIpc) is 0.758. The van der Waals surface area contributed by atoms with Crippen LogP contribution in [0, 0.1) is 0 Å². The number of thiocarbonyl (C=S) groups is 2. The Kier molecular flexibility index (Phi) is 28.1. The highest BCUT2D eigenvalue weighted by molar-refractivity contribution is 7.80. The molecule has 0 unspecified atom stereocenters. The van der Waals surface area contributed by atoms with Crippen LogP contribution >= 0.6 is 24.4 Å². The summed E-state index contributed by atoms with van der Waals surface area (Å²) in [6.45, 7) is 33.7. The van der Waals surface area contributed by atoms with Crippen molar-refractivity contribution in [3.05, 3.63) is 115 Å². The largest absolute Gasteiger partial charge is 0.507 e. The number of ether oxygens (including phenoxy) is 12. The number of rotatable bonds is 20. The van der Waals surface area contributed by atoms with E-state index in [-0.39, 0.29) is 73.7 Å². The number of fused-ring (bicyclic) bond motifs is 8. The van der Waals surface area contributed by atoms with Crippen molar-refractivity contribution in [1.82, 2.24) is 21.3 Å². The first-order valence-corrected chi connectivity index (χ1v) is 36.1. The molecule has 6 N–H and O–H groups in total. The van der Waals surface area contributed by atoms with Crippen molar-refractivity contribution in [3.63, 3.8) is 0 Å². The number of phenolic OH excluding ortho intramolecular Hbond substituents is 2. The fourth-order valence-corrected chi connectivity index (χ4v) is 13.1. The van der Waals surface area contributed by atoms with Crippen molar-refractivity contribution in [2.24, 2.45) is 0 Å². The first-order valence-electron chi connectivity index (χ1n) is 35.3. The van der Waals surface area contributed by atoms with Crippen molar-refractivity contribution in [2.75, 3.05) is 39.5 Å². The highest BCUT2D eigenvalue weighted by atomic mass is 32.1. The molecule has 2 heterocycles. The number of hydrogen-bond donors (Lipinski definition) is 6. The van der Waals surface area contributed by atoms with Gasteiger partial charge < -0.3 is 88.3 Å². The van der Waals surface area contributed by atoms with E-state index in [4.69, 9.17) is 81.3 Å². The van der Waals surface area contributed by atoms with E-state index in [1.165, 1.54) is 13.8 Å². The van der Waals surface area contributed by atoms with Gasteiger partial charge in [0.25, 0.3) is 0 Å². The number of benzene rings is 4. The zero-order valence-corrected chi connectivity index (χ0v) is 66.0. The van der Waals surface area contributed by atoms with Crippen molar-refractivity contribution >= 4 is 82.4 Å². The van der Waals surface area contributed by atoms with E-state index < -0.39 is 144 Å². The minimum Gasteiger partial charge on any atom is -0.507 e. The highest BCUT2D eigenvalue weighted by Crippen LogP contribution is 2.44. The van der Waals surface area contributed by atoms with Gasteiger partial charge in [-0.3, -0.25) is 38.4 Å². The molecule has 28 heteroatoms. The molecule has 3 aliphatic rings. The minimum absolute atomic E-state index is 0.0124. The standard InChI is InChI=1S/C78H104N4O22S2/c1-39(83)95-37-59-65(97-41(3)85)67(99-43(5)87)69(101-45(7)89)71(103-59)81-73(105)79-21-23-93-63-51-25-47-29-55(75(9,10)11)31-49(61(47)91)27-53-35-58(78(18,19)20)36-54(28-50-32-56(76(12,13)14)30-48(62(50)92)26-52(63)34-57(33-51)77(15,16)17)64(53)94-24-22-80-74(106)82-72-70(102-46(8)90)68(100-44(6)88)66(98-42(4)86)60(104-72)38-96-40(2)84/h29-36,59-60,65-72,91-92H,21-28,37-38H2,1-20H3,(H2,79,81,105)(H2,80,82,106)/t59-,60-,65-,66-,67+,68+,69+,70+,71+,72+/m1/s1. The third-order valence-electron chi connectivity index (χ3n) is 17.8. The molecular formula is C78H104N4O22S2. The molecule has 0 spiro atoms. The van der Waals surface area contributed by atoms with Gasteiger partial charge in [0.1, 0.15) is 61.6 Å². The van der Waals surface area contributed by atoms with Gasteiger partial charge in [-0.2, -0.15) is 0 Å². The van der Waals surface area contributed by atoms with Crippen LogP contribution in [0.1, 0.15) is 205 Å². The number of phenols is 2. The molecule has 8 bridgehead atoms. The molecule has 26 nitrogen and oxygen atoms in total. The molecule has 7 rings (SSSR count). The van der Waals surface area contributed by atoms with Crippen LogP contribution in [0.3, 0.4) is 0 Å². The maximum absolute atomic E-state index is 13.0. The van der Waals surface area contributed by atoms with Gasteiger partial charge in [-0.25, -0.2) is 0 Å². The summed E-state index contributed by atoms with van der Waals surface area (Å²) in [5.74, 6) is -4.95. The number of aromatic hydroxyl groups is 2. The first-order chi connectivity index (χ1) is 49.3. The summed E-state index contributed by atoms with van der Waals surface area (Å²) in [5.41, 5.74) is 7.53. The molecule has 2 aliphatic heterocycles. The molecule has 10 atom stereocenters. The minimum atomic E-state index is -1.44. The predicted octanol–water partition coefficient (Wildman–Crippen LogP) is 8.82. The Bertz CT molecular complexity index is 3610. The Morgan fingerprint density at radius 3 is 0.849 bits per heavy atom. The van der Waals surface area contributed by atoms with E-state index in [0.717, 1.165) is 86.1 Å². The number of carbonyl (C=O) groups is 8. The molecule has 0 amide bonds. The van der Waals surface area contributed by atoms with Crippen LogP contribution < -0.4 is 30.7 Å². The summed E-state index contributed by atoms with van der Waals surface area (Å²) < 4.78 is 70.7. The zero-order chi connectivity index (χ0) is 78.8. The van der Waals surface area contributed by atoms with Crippen LogP contribution in [0.2, 0.25) is 0 Å². The number of carbonyl (C=O) groups excluding carboxylic acids is 8. The molecule has 4 aromatic rings. The van der Waals surface area contributed by atoms with E-state index in [1.54, 1.807) is 0 Å². The van der Waals surface area contributed by atoms with Crippen molar-refractivity contribution in [3.8, 4) is 23.0 Å². The van der Waals surface area contributed by atoms with E-state index in [2.05, 4.69) is 129 Å². The lowest BCUT2D eigenvalue weighted by atomic mass is 9.79. The summed E-state index contributed by atoms with van der Waals surface area (Å²) in [6, 6.07) is 16.5. The number of nitrogens with one attached hydrogen (secondary N) is 4. The molecule has 106 heavy (non-hydrogen) atoms. The van der Waals surface area contributed by atoms with Gasteiger partial charge in [-0.1, -0.05) is 132 Å². The monoisotopic (exact) mass is 1510 g/mol. The quantitative estimate of drug-likeness (QED) is 0.0183. The smallest absolute Gasteiger partial charge is 0.303 e. The molecule has 1 aliphatic carbocycles. The second-order valence-electron chi connectivity index (χ2n) is 31.0. The summed E-state index contributed by atoms with van der Waals surface area (Å²) in [7, 11) is 0. The van der Waals surface area contributed by atoms with E-state index in [1.807, 2.05) is 24.3 Å². The summed E-state index contributed by atoms with van der Waals surface area (Å²) in [4.78, 5) is 99.5. The van der Waals surface area contributed by atoms with Gasteiger partial charge in [0.15, 0.2) is 59.3 Å². The van der Waals surface area contributed by atoms with E-state index in [0.29, 0.717) is 33.8 Å². The number of esters is 8. The summed E-state index contributed by atoms with van der Waals surface area (Å²) >= 11 is 11.7. The Labute approximate surface area is 630 Å². The Balaban J connectivity index is 1.29. The Morgan fingerprint density at radius 2 is 0.613 bits per heavy atom. The van der Waals surface area contributed by atoms with Crippen molar-refractivity contribution < 1.29 is 105 Å². The zero-order valence-electron chi connectivity index (χ0n) is 64.3. The Morgan fingerprint density at radius 1 is 0.377 bits per heavy atom. The second kappa shape index (κ2) is 35.2. The maximum atomic E-state index is 13.0. The molecule has 0 aromatic heterocycles. The normalized spacial score (nSPS) is 20.9. The molecule has 0 radical (unpaired) electrons. The molecular weight excluding hydrogens is 1410 g/mol. The third kappa shape index (κ3) is 23.1. The third-order valence-corrected chi connectivity index (χ3v) is 18.3. The van der Waals surface area contributed by atoms with Gasteiger partial charge in [0, 0.05) is 81.1 Å². The Hall–Kier alpha value is -8.86. The van der Waals surface area contributed by atoms with Crippen LogP contribution in [0.25, 0.3) is 0 Å². The first kappa shape index (κ1) is 84.4. The van der Waals surface area contributed by atoms with Crippen LogP contribution in [-0.4, -0.2) is 169 Å². The van der Waals surface area contributed by atoms with Gasteiger partial charge in [-0.05, 0) is 113 Å². The maximum Gasteiger partial charge on any atom is 0.303 e.